The van der Waals surface area contributed by atoms with Gasteiger partial charge in [0.05, 0.1) is 0 Å². The van der Waals surface area contributed by atoms with Crippen molar-refractivity contribution < 1.29 is 10.2 Å². The first kappa shape index (κ1) is 7.41. The highest BCUT2D eigenvalue weighted by Gasteiger charge is 1.95. The molecule has 0 heterocycles. The summed E-state index contributed by atoms with van der Waals surface area (Å²) in [7, 11) is 0. The molecule has 2 nitrogen and oxygen atoms in total. The minimum absolute atomic E-state index is 0.0921. The van der Waals surface area contributed by atoms with Gasteiger partial charge in [-0.2, -0.15) is 0 Å². The van der Waals surface area contributed by atoms with Gasteiger partial charge in [-0.3, -0.25) is 0 Å². The zero-order valence-electron chi connectivity index (χ0n) is 5.21. The highest BCUT2D eigenvalue weighted by Crippen LogP contribution is 2.21. The monoisotopic (exact) mass is 202 g/mol. The average Bonchev–Trinajstić information content (AvgIpc) is 1.85. The van der Waals surface area contributed by atoms with E-state index in [1.165, 1.54) is 6.07 Å². The van der Waals surface area contributed by atoms with Crippen LogP contribution in [0.5, 0.6) is 11.5 Å². The van der Waals surface area contributed by atoms with Gasteiger partial charge in [-0.15, -0.1) is 0 Å². The SMILES string of the molecule is Oc1cc(O)cc(CBr)c1. The van der Waals surface area contributed by atoms with Gasteiger partial charge < -0.3 is 10.2 Å². The largest absolute Gasteiger partial charge is 0.508 e. The molecule has 0 aliphatic rings. The second-order valence-corrected chi connectivity index (χ2v) is 2.55. The maximum atomic E-state index is 8.94. The van der Waals surface area contributed by atoms with Gasteiger partial charge >= 0.3 is 0 Å². The number of hydrogen-bond acceptors (Lipinski definition) is 2. The van der Waals surface area contributed by atoms with E-state index in [-0.39, 0.29) is 11.5 Å². The van der Waals surface area contributed by atoms with Crippen molar-refractivity contribution in [3.8, 4) is 11.5 Å². The van der Waals surface area contributed by atoms with E-state index in [1.807, 2.05) is 0 Å². The molecule has 0 fully saturated rings. The fraction of sp³-hybridized carbons (Fsp3) is 0.143. The summed E-state index contributed by atoms with van der Waals surface area (Å²) in [6, 6.07) is 4.48. The third-order valence-corrected chi connectivity index (χ3v) is 1.76. The van der Waals surface area contributed by atoms with Crippen LogP contribution in [0.15, 0.2) is 18.2 Å². The standard InChI is InChI=1S/C7H7BrO2/c8-4-5-1-6(9)3-7(10)2-5/h1-3,9-10H,4H2. The molecule has 3 heteroatoms. The lowest BCUT2D eigenvalue weighted by Crippen LogP contribution is -1.75. The van der Waals surface area contributed by atoms with Gasteiger partial charge in [0.15, 0.2) is 0 Å². The first-order valence-corrected chi connectivity index (χ1v) is 3.92. The van der Waals surface area contributed by atoms with E-state index in [9.17, 15) is 0 Å². The van der Waals surface area contributed by atoms with E-state index < -0.39 is 0 Å². The Balaban J connectivity index is 3.06. The van der Waals surface area contributed by atoms with E-state index in [0.717, 1.165) is 5.56 Å². The normalized spacial score (nSPS) is 9.70. The van der Waals surface area contributed by atoms with Crippen LogP contribution < -0.4 is 0 Å². The molecule has 10 heavy (non-hydrogen) atoms. The zero-order valence-corrected chi connectivity index (χ0v) is 6.80. The highest BCUT2D eigenvalue weighted by atomic mass is 79.9. The van der Waals surface area contributed by atoms with Gasteiger partial charge in [0, 0.05) is 11.4 Å². The van der Waals surface area contributed by atoms with Crippen LogP contribution in [0.2, 0.25) is 0 Å². The van der Waals surface area contributed by atoms with Crippen molar-refractivity contribution in [1.29, 1.82) is 0 Å². The maximum Gasteiger partial charge on any atom is 0.119 e. The predicted octanol–water partition coefficient (Wildman–Crippen LogP) is 1.99. The van der Waals surface area contributed by atoms with Gasteiger partial charge in [0.1, 0.15) is 11.5 Å². The fourth-order valence-electron chi connectivity index (χ4n) is 0.734. The molecular weight excluding hydrogens is 196 g/mol. The van der Waals surface area contributed by atoms with E-state index >= 15 is 0 Å². The summed E-state index contributed by atoms with van der Waals surface area (Å²) in [6.45, 7) is 0. The molecule has 54 valence electrons. The minimum Gasteiger partial charge on any atom is -0.508 e. The number of rotatable bonds is 1. The summed E-state index contributed by atoms with van der Waals surface area (Å²) in [6.07, 6.45) is 0. The molecule has 0 aromatic heterocycles. The van der Waals surface area contributed by atoms with Crippen molar-refractivity contribution in [2.45, 2.75) is 5.33 Å². The van der Waals surface area contributed by atoms with Crippen molar-refractivity contribution in [1.82, 2.24) is 0 Å². The van der Waals surface area contributed by atoms with Gasteiger partial charge in [0.2, 0.25) is 0 Å². The Morgan fingerprint density at radius 3 is 2.00 bits per heavy atom. The summed E-state index contributed by atoms with van der Waals surface area (Å²) in [5, 5.41) is 18.5. The lowest BCUT2D eigenvalue weighted by atomic mass is 10.2. The number of alkyl halides is 1. The van der Waals surface area contributed by atoms with Crippen molar-refractivity contribution in [2.75, 3.05) is 0 Å². The molecule has 1 aromatic rings. The predicted molar refractivity (Wildman–Crippen MR) is 42.4 cm³/mol. The van der Waals surface area contributed by atoms with Crippen molar-refractivity contribution in [3.05, 3.63) is 23.8 Å². The van der Waals surface area contributed by atoms with E-state index in [2.05, 4.69) is 15.9 Å². The number of phenolic OH excluding ortho intramolecular Hbond substituents is 2. The third-order valence-electron chi connectivity index (χ3n) is 1.12. The molecule has 0 unspecified atom stereocenters. The smallest absolute Gasteiger partial charge is 0.119 e. The summed E-state index contributed by atoms with van der Waals surface area (Å²) in [5.41, 5.74) is 0.859. The fourth-order valence-corrected chi connectivity index (χ4v) is 1.06. The topological polar surface area (TPSA) is 40.5 Å². The van der Waals surface area contributed by atoms with E-state index in [4.69, 9.17) is 10.2 Å². The summed E-state index contributed by atoms with van der Waals surface area (Å²) in [5.74, 6) is 0.184. The lowest BCUT2D eigenvalue weighted by Gasteiger charge is -1.97. The molecule has 0 aliphatic carbocycles. The van der Waals surface area contributed by atoms with Crippen LogP contribution in [0.4, 0.5) is 0 Å². The molecule has 1 aromatic carbocycles. The molecular formula is C7H7BrO2. The molecule has 0 atom stereocenters. The highest BCUT2D eigenvalue weighted by molar-refractivity contribution is 9.08. The Morgan fingerprint density at radius 1 is 1.10 bits per heavy atom. The van der Waals surface area contributed by atoms with Crippen LogP contribution in [0.1, 0.15) is 5.56 Å². The first-order valence-electron chi connectivity index (χ1n) is 2.80. The summed E-state index contributed by atoms with van der Waals surface area (Å²) >= 11 is 3.20. The van der Waals surface area contributed by atoms with E-state index in [1.54, 1.807) is 12.1 Å². The van der Waals surface area contributed by atoms with Gasteiger partial charge in [-0.05, 0) is 17.7 Å². The van der Waals surface area contributed by atoms with Crippen molar-refractivity contribution in [3.63, 3.8) is 0 Å². The van der Waals surface area contributed by atoms with Crippen LogP contribution >= 0.6 is 15.9 Å². The van der Waals surface area contributed by atoms with Gasteiger partial charge in [-0.1, -0.05) is 15.9 Å². The second kappa shape index (κ2) is 2.92. The Labute approximate surface area is 67.3 Å². The Hall–Kier alpha value is -0.700. The number of benzene rings is 1. The van der Waals surface area contributed by atoms with Crippen LogP contribution in [0.3, 0.4) is 0 Å². The average molecular weight is 203 g/mol. The molecule has 0 amide bonds. The molecule has 0 spiro atoms. The second-order valence-electron chi connectivity index (χ2n) is 1.99. The molecule has 2 N–H and O–H groups in total. The van der Waals surface area contributed by atoms with Crippen LogP contribution in [0, 0.1) is 0 Å². The molecule has 0 bridgehead atoms. The number of hydrogen-bond donors (Lipinski definition) is 2. The number of halogens is 1. The van der Waals surface area contributed by atoms with Crippen LogP contribution in [-0.4, -0.2) is 10.2 Å². The van der Waals surface area contributed by atoms with Crippen molar-refractivity contribution in [2.24, 2.45) is 0 Å². The first-order chi connectivity index (χ1) is 4.72. The third kappa shape index (κ3) is 1.64. The Morgan fingerprint density at radius 2 is 1.60 bits per heavy atom. The number of phenols is 2. The van der Waals surface area contributed by atoms with E-state index in [0.29, 0.717) is 5.33 Å². The Kier molecular flexibility index (Phi) is 2.17. The molecule has 0 radical (unpaired) electrons. The summed E-state index contributed by atoms with van der Waals surface area (Å²) < 4.78 is 0. The van der Waals surface area contributed by atoms with Crippen molar-refractivity contribution >= 4 is 15.9 Å². The number of aromatic hydroxyl groups is 2. The lowest BCUT2D eigenvalue weighted by molar-refractivity contribution is 0.450. The summed E-state index contributed by atoms with van der Waals surface area (Å²) in [4.78, 5) is 0. The van der Waals surface area contributed by atoms with Crippen LogP contribution in [0.25, 0.3) is 0 Å². The van der Waals surface area contributed by atoms with Crippen LogP contribution in [-0.2, 0) is 5.33 Å². The molecule has 0 aliphatic heterocycles. The quantitative estimate of drug-likeness (QED) is 0.685. The Bertz CT molecular complexity index is 215. The van der Waals surface area contributed by atoms with Gasteiger partial charge in [0.25, 0.3) is 0 Å². The molecule has 0 saturated carbocycles. The van der Waals surface area contributed by atoms with Gasteiger partial charge in [-0.25, -0.2) is 0 Å². The minimum atomic E-state index is 0.0921. The molecule has 0 saturated heterocycles. The maximum absolute atomic E-state index is 8.94. The zero-order chi connectivity index (χ0) is 7.56. The molecule has 1 rings (SSSR count).